The van der Waals surface area contributed by atoms with Crippen molar-refractivity contribution in [3.8, 4) is 5.75 Å². The monoisotopic (exact) mass is 236 g/mol. The molecule has 0 aromatic heterocycles. The molecule has 0 unspecified atom stereocenters. The maximum atomic E-state index is 11.9. The third kappa shape index (κ3) is 1.63. The molecule has 2 aromatic rings. The Labute approximate surface area is 106 Å². The Morgan fingerprint density at radius 3 is 2.44 bits per heavy atom. The van der Waals surface area contributed by atoms with Crippen molar-refractivity contribution in [1.29, 1.82) is 0 Å². The highest BCUT2D eigenvalue weighted by Gasteiger charge is 2.22. The number of allylic oxidation sites excluding steroid dienone is 1. The van der Waals surface area contributed by atoms with E-state index in [4.69, 9.17) is 4.74 Å². The summed E-state index contributed by atoms with van der Waals surface area (Å²) in [5.74, 6) is 0.830. The van der Waals surface area contributed by atoms with Gasteiger partial charge in [-0.05, 0) is 41.0 Å². The van der Waals surface area contributed by atoms with Crippen LogP contribution in [0.2, 0.25) is 0 Å². The number of carbonyl (C=O) groups is 1. The van der Waals surface area contributed by atoms with E-state index in [0.29, 0.717) is 0 Å². The number of hydrogen-bond donors (Lipinski definition) is 0. The minimum absolute atomic E-state index is 0.0616. The van der Waals surface area contributed by atoms with Crippen molar-refractivity contribution in [2.45, 2.75) is 0 Å². The van der Waals surface area contributed by atoms with Crippen LogP contribution in [0.3, 0.4) is 0 Å². The van der Waals surface area contributed by atoms with E-state index in [-0.39, 0.29) is 5.78 Å². The number of fused-ring (bicyclic) bond motifs is 1. The summed E-state index contributed by atoms with van der Waals surface area (Å²) < 4.78 is 5.22. The zero-order valence-electron chi connectivity index (χ0n) is 10.0. The normalized spacial score (nSPS) is 13.2. The molecule has 0 N–H and O–H groups in total. The second kappa shape index (κ2) is 4.15. The van der Waals surface area contributed by atoms with Crippen molar-refractivity contribution < 1.29 is 9.53 Å². The first kappa shape index (κ1) is 10.8. The molecule has 0 radical (unpaired) electrons. The average molecular weight is 236 g/mol. The second-order valence-corrected chi connectivity index (χ2v) is 4.20. The predicted octanol–water partition coefficient (Wildman–Crippen LogP) is 3.32. The molecule has 2 nitrogen and oxygen atoms in total. The second-order valence-electron chi connectivity index (χ2n) is 4.20. The fourth-order valence-electron chi connectivity index (χ4n) is 2.23. The van der Waals surface area contributed by atoms with Gasteiger partial charge in [-0.3, -0.25) is 4.79 Å². The standard InChI is InChI=1S/C16H12O2/c1-18-12-7-8-13-15(9-12)14(10-16(13)17)11-5-3-2-4-6-11/h2-10H,1H3. The van der Waals surface area contributed by atoms with Gasteiger partial charge >= 0.3 is 0 Å². The quantitative estimate of drug-likeness (QED) is 0.799. The van der Waals surface area contributed by atoms with E-state index in [0.717, 1.165) is 28.0 Å². The van der Waals surface area contributed by atoms with Gasteiger partial charge in [-0.1, -0.05) is 30.3 Å². The molecule has 0 amide bonds. The summed E-state index contributed by atoms with van der Waals surface area (Å²) in [5.41, 5.74) is 3.72. The molecule has 2 heteroatoms. The van der Waals surface area contributed by atoms with E-state index < -0.39 is 0 Å². The Morgan fingerprint density at radius 2 is 1.72 bits per heavy atom. The minimum Gasteiger partial charge on any atom is -0.497 e. The highest BCUT2D eigenvalue weighted by atomic mass is 16.5. The molecule has 2 aromatic carbocycles. The largest absolute Gasteiger partial charge is 0.497 e. The minimum atomic E-state index is 0.0616. The number of carbonyl (C=O) groups excluding carboxylic acids is 1. The van der Waals surface area contributed by atoms with Gasteiger partial charge in [0.25, 0.3) is 0 Å². The maximum Gasteiger partial charge on any atom is 0.187 e. The van der Waals surface area contributed by atoms with Crippen LogP contribution < -0.4 is 4.74 Å². The molecule has 0 saturated heterocycles. The van der Waals surface area contributed by atoms with Gasteiger partial charge in [0.2, 0.25) is 0 Å². The van der Waals surface area contributed by atoms with Crippen LogP contribution in [-0.2, 0) is 0 Å². The molecule has 1 aliphatic rings. The SMILES string of the molecule is COc1ccc2c(c1)C(c1ccccc1)=CC2=O. The number of rotatable bonds is 2. The van der Waals surface area contributed by atoms with Gasteiger partial charge in [-0.2, -0.15) is 0 Å². The molecular formula is C16H12O2. The van der Waals surface area contributed by atoms with E-state index >= 15 is 0 Å². The van der Waals surface area contributed by atoms with Gasteiger partial charge in [0.1, 0.15) is 5.75 Å². The van der Waals surface area contributed by atoms with Gasteiger partial charge in [-0.15, -0.1) is 0 Å². The zero-order chi connectivity index (χ0) is 12.5. The summed E-state index contributed by atoms with van der Waals surface area (Å²) in [6, 6.07) is 15.5. The molecule has 3 rings (SSSR count). The summed E-state index contributed by atoms with van der Waals surface area (Å²) in [7, 11) is 1.63. The van der Waals surface area contributed by atoms with Gasteiger partial charge in [0.15, 0.2) is 5.78 Å². The lowest BCUT2D eigenvalue weighted by atomic mass is 9.99. The van der Waals surface area contributed by atoms with Crippen molar-refractivity contribution >= 4 is 11.4 Å². The molecule has 0 heterocycles. The van der Waals surface area contributed by atoms with E-state index in [1.54, 1.807) is 13.2 Å². The number of methoxy groups -OCH3 is 1. The summed E-state index contributed by atoms with van der Waals surface area (Å²) in [4.78, 5) is 11.9. The average Bonchev–Trinajstić information content (AvgIpc) is 2.76. The number of benzene rings is 2. The molecule has 0 bridgehead atoms. The van der Waals surface area contributed by atoms with E-state index in [1.165, 1.54) is 0 Å². The Kier molecular flexibility index (Phi) is 2.49. The van der Waals surface area contributed by atoms with Gasteiger partial charge in [0, 0.05) is 5.56 Å². The molecule has 88 valence electrons. The van der Waals surface area contributed by atoms with Crippen molar-refractivity contribution in [3.63, 3.8) is 0 Å². The smallest absolute Gasteiger partial charge is 0.187 e. The van der Waals surface area contributed by atoms with Crippen LogP contribution in [-0.4, -0.2) is 12.9 Å². The van der Waals surface area contributed by atoms with Crippen LogP contribution in [0, 0.1) is 0 Å². The van der Waals surface area contributed by atoms with Crippen molar-refractivity contribution in [1.82, 2.24) is 0 Å². The van der Waals surface area contributed by atoms with Crippen LogP contribution in [0.5, 0.6) is 5.75 Å². The van der Waals surface area contributed by atoms with Crippen LogP contribution in [0.1, 0.15) is 21.5 Å². The maximum absolute atomic E-state index is 11.9. The van der Waals surface area contributed by atoms with Crippen LogP contribution in [0.25, 0.3) is 5.57 Å². The van der Waals surface area contributed by atoms with Gasteiger partial charge in [-0.25, -0.2) is 0 Å². The number of ketones is 1. The molecule has 0 atom stereocenters. The third-order valence-corrected chi connectivity index (χ3v) is 3.14. The molecule has 0 saturated carbocycles. The van der Waals surface area contributed by atoms with Gasteiger partial charge < -0.3 is 4.74 Å². The predicted molar refractivity (Wildman–Crippen MR) is 70.8 cm³/mol. The lowest BCUT2D eigenvalue weighted by molar-refractivity contribution is 0.105. The summed E-state index contributed by atoms with van der Waals surface area (Å²) in [6.07, 6.45) is 1.69. The highest BCUT2D eigenvalue weighted by molar-refractivity contribution is 6.18. The lowest BCUT2D eigenvalue weighted by Crippen LogP contribution is -1.93. The molecule has 18 heavy (non-hydrogen) atoms. The fourth-order valence-corrected chi connectivity index (χ4v) is 2.23. The van der Waals surface area contributed by atoms with Gasteiger partial charge in [0.05, 0.1) is 7.11 Å². The third-order valence-electron chi connectivity index (χ3n) is 3.14. The topological polar surface area (TPSA) is 26.3 Å². The Balaban J connectivity index is 2.16. The van der Waals surface area contributed by atoms with Crippen molar-refractivity contribution in [2.24, 2.45) is 0 Å². The fraction of sp³-hybridized carbons (Fsp3) is 0.0625. The first-order valence-electron chi connectivity index (χ1n) is 5.79. The summed E-state index contributed by atoms with van der Waals surface area (Å²) >= 11 is 0. The van der Waals surface area contributed by atoms with Crippen molar-refractivity contribution in [2.75, 3.05) is 7.11 Å². The molecule has 0 aliphatic heterocycles. The van der Waals surface area contributed by atoms with Crippen LogP contribution >= 0.6 is 0 Å². The summed E-state index contributed by atoms with van der Waals surface area (Å²) in [6.45, 7) is 0. The van der Waals surface area contributed by atoms with Crippen molar-refractivity contribution in [3.05, 3.63) is 71.3 Å². The Morgan fingerprint density at radius 1 is 0.944 bits per heavy atom. The Bertz CT molecular complexity index is 639. The van der Waals surface area contributed by atoms with Crippen LogP contribution in [0.4, 0.5) is 0 Å². The number of ether oxygens (including phenoxy) is 1. The first-order chi connectivity index (χ1) is 8.79. The Hall–Kier alpha value is -2.35. The highest BCUT2D eigenvalue weighted by Crippen LogP contribution is 2.34. The van der Waals surface area contributed by atoms with E-state index in [1.807, 2.05) is 48.5 Å². The molecular weight excluding hydrogens is 224 g/mol. The molecule has 0 fully saturated rings. The van der Waals surface area contributed by atoms with E-state index in [2.05, 4.69) is 0 Å². The van der Waals surface area contributed by atoms with E-state index in [9.17, 15) is 4.79 Å². The number of hydrogen-bond acceptors (Lipinski definition) is 2. The molecule has 1 aliphatic carbocycles. The molecule has 0 spiro atoms. The zero-order valence-corrected chi connectivity index (χ0v) is 10.0. The van der Waals surface area contributed by atoms with Crippen LogP contribution in [0.15, 0.2) is 54.6 Å². The summed E-state index contributed by atoms with van der Waals surface area (Å²) in [5, 5.41) is 0. The first-order valence-corrected chi connectivity index (χ1v) is 5.79. The lowest BCUT2D eigenvalue weighted by Gasteiger charge is -2.07.